The lowest BCUT2D eigenvalue weighted by Gasteiger charge is -2.29. The van der Waals surface area contributed by atoms with Gasteiger partial charge in [-0.2, -0.15) is 0 Å². The zero-order chi connectivity index (χ0) is 21.8. The summed E-state index contributed by atoms with van der Waals surface area (Å²) in [6.45, 7) is 7.85. The Balaban J connectivity index is 1.61. The van der Waals surface area contributed by atoms with Gasteiger partial charge in [-0.15, -0.1) is 0 Å². The van der Waals surface area contributed by atoms with Crippen LogP contribution in [0.5, 0.6) is 0 Å². The number of nitrogens with zero attached hydrogens (tertiary/aromatic N) is 4. The maximum Gasteiger partial charge on any atom is 0.135 e. The van der Waals surface area contributed by atoms with E-state index in [0.29, 0.717) is 12.5 Å². The molecule has 7 heteroatoms. The summed E-state index contributed by atoms with van der Waals surface area (Å²) >= 11 is 0. The maximum absolute atomic E-state index is 9.32. The van der Waals surface area contributed by atoms with Crippen molar-refractivity contribution < 1.29 is 5.11 Å². The Bertz CT molecular complexity index is 930. The molecule has 0 saturated heterocycles. The topological polar surface area (TPSA) is 86.2 Å². The summed E-state index contributed by atoms with van der Waals surface area (Å²) in [6.07, 6.45) is 12.1. The zero-order valence-corrected chi connectivity index (χ0v) is 18.9. The third kappa shape index (κ3) is 5.53. The molecule has 0 unspecified atom stereocenters. The molecule has 1 saturated carbocycles. The SMILES string of the molecule is CC(C)(C)Nc1nc(Nc2cc(C3CCCCC3)ncn2)cc2c1CN(CCO)C=C2. The van der Waals surface area contributed by atoms with Gasteiger partial charge in [0.05, 0.1) is 6.61 Å². The third-order valence-electron chi connectivity index (χ3n) is 5.83. The second-order valence-electron chi connectivity index (χ2n) is 9.60. The van der Waals surface area contributed by atoms with Crippen molar-refractivity contribution in [3.63, 3.8) is 0 Å². The van der Waals surface area contributed by atoms with Gasteiger partial charge in [-0.25, -0.2) is 15.0 Å². The van der Waals surface area contributed by atoms with Gasteiger partial charge < -0.3 is 20.6 Å². The van der Waals surface area contributed by atoms with Gasteiger partial charge in [0, 0.05) is 48.1 Å². The highest BCUT2D eigenvalue weighted by molar-refractivity contribution is 5.69. The van der Waals surface area contributed by atoms with Crippen molar-refractivity contribution in [2.24, 2.45) is 0 Å². The number of fused-ring (bicyclic) bond motifs is 1. The Morgan fingerprint density at radius 1 is 1.10 bits per heavy atom. The summed E-state index contributed by atoms with van der Waals surface area (Å²) in [5.41, 5.74) is 3.27. The van der Waals surface area contributed by atoms with Crippen LogP contribution in [0.4, 0.5) is 17.5 Å². The summed E-state index contributed by atoms with van der Waals surface area (Å²) in [6, 6.07) is 4.14. The van der Waals surface area contributed by atoms with Gasteiger partial charge >= 0.3 is 0 Å². The molecule has 2 aromatic rings. The maximum atomic E-state index is 9.32. The van der Waals surface area contributed by atoms with Gasteiger partial charge in [-0.3, -0.25) is 0 Å². The highest BCUT2D eigenvalue weighted by Gasteiger charge is 2.21. The van der Waals surface area contributed by atoms with Gasteiger partial charge in [0.1, 0.15) is 23.8 Å². The van der Waals surface area contributed by atoms with Gasteiger partial charge in [0.25, 0.3) is 0 Å². The fourth-order valence-electron chi connectivity index (χ4n) is 4.35. The average molecular weight is 423 g/mol. The van der Waals surface area contributed by atoms with Crippen LogP contribution >= 0.6 is 0 Å². The Kier molecular flexibility index (Phi) is 6.41. The summed E-state index contributed by atoms with van der Waals surface area (Å²) in [7, 11) is 0. The fourth-order valence-corrected chi connectivity index (χ4v) is 4.35. The standard InChI is InChI=1S/C24H34N6O/c1-24(2,3)29-23-19-15-30(11-12-31)10-9-18(19)13-22(28-23)27-21-14-20(25-16-26-21)17-7-5-4-6-8-17/h9-10,13-14,16-17,31H,4-8,11-12,15H2,1-3H3,(H2,25,26,27,28,29). The first kappa shape index (κ1) is 21.6. The molecule has 0 bridgehead atoms. The van der Waals surface area contributed by atoms with Crippen molar-refractivity contribution in [1.29, 1.82) is 0 Å². The van der Waals surface area contributed by atoms with Gasteiger partial charge in [-0.1, -0.05) is 19.3 Å². The molecule has 31 heavy (non-hydrogen) atoms. The molecule has 1 fully saturated rings. The number of pyridine rings is 1. The minimum atomic E-state index is -0.120. The predicted molar refractivity (Wildman–Crippen MR) is 125 cm³/mol. The van der Waals surface area contributed by atoms with E-state index in [1.807, 2.05) is 6.20 Å². The summed E-state index contributed by atoms with van der Waals surface area (Å²) in [5.74, 6) is 2.94. The van der Waals surface area contributed by atoms with Gasteiger partial charge in [-0.05, 0) is 51.3 Å². The van der Waals surface area contributed by atoms with Crippen LogP contribution in [0.25, 0.3) is 6.08 Å². The van der Waals surface area contributed by atoms with Crippen molar-refractivity contribution in [2.75, 3.05) is 23.8 Å². The summed E-state index contributed by atoms with van der Waals surface area (Å²) in [5, 5.41) is 16.3. The van der Waals surface area contributed by atoms with Crippen molar-refractivity contribution >= 4 is 23.5 Å². The largest absolute Gasteiger partial charge is 0.395 e. The molecule has 0 aromatic carbocycles. The van der Waals surface area contributed by atoms with Crippen LogP contribution in [-0.4, -0.2) is 43.6 Å². The Morgan fingerprint density at radius 3 is 2.65 bits per heavy atom. The molecule has 0 amide bonds. The Labute approximate surface area is 185 Å². The van der Waals surface area contributed by atoms with Crippen molar-refractivity contribution in [3.8, 4) is 0 Å². The smallest absolute Gasteiger partial charge is 0.135 e. The number of nitrogens with one attached hydrogen (secondary N) is 2. The molecule has 1 aliphatic carbocycles. The molecule has 4 rings (SSSR count). The quantitative estimate of drug-likeness (QED) is 0.624. The van der Waals surface area contributed by atoms with E-state index in [1.54, 1.807) is 6.33 Å². The predicted octanol–water partition coefficient (Wildman–Crippen LogP) is 4.65. The summed E-state index contributed by atoms with van der Waals surface area (Å²) in [4.78, 5) is 16.0. The molecule has 1 aliphatic heterocycles. The lowest BCUT2D eigenvalue weighted by Crippen LogP contribution is -2.30. The van der Waals surface area contributed by atoms with Gasteiger partial charge in [0.15, 0.2) is 0 Å². The first-order valence-electron chi connectivity index (χ1n) is 11.4. The fraction of sp³-hybridized carbons (Fsp3) is 0.542. The van der Waals surface area contributed by atoms with Crippen LogP contribution in [-0.2, 0) is 6.54 Å². The van der Waals surface area contributed by atoms with Crippen LogP contribution in [0.1, 0.15) is 75.6 Å². The van der Waals surface area contributed by atoms with Crippen molar-refractivity contribution in [3.05, 3.63) is 41.5 Å². The Morgan fingerprint density at radius 2 is 1.90 bits per heavy atom. The molecule has 3 heterocycles. The molecule has 166 valence electrons. The number of aromatic nitrogens is 3. The number of anilines is 3. The average Bonchev–Trinajstić information content (AvgIpc) is 2.74. The van der Waals surface area contributed by atoms with Crippen molar-refractivity contribution in [1.82, 2.24) is 19.9 Å². The second-order valence-corrected chi connectivity index (χ2v) is 9.60. The highest BCUT2D eigenvalue weighted by Crippen LogP contribution is 2.33. The second kappa shape index (κ2) is 9.22. The number of β-amino-alcohol motifs (C(OH)–C–C–N with tert-alkyl or cyclic N) is 1. The highest BCUT2D eigenvalue weighted by atomic mass is 16.3. The monoisotopic (exact) mass is 422 g/mol. The number of hydrogen-bond acceptors (Lipinski definition) is 7. The third-order valence-corrected chi connectivity index (χ3v) is 5.83. The first-order chi connectivity index (χ1) is 14.9. The molecule has 0 atom stereocenters. The molecule has 0 spiro atoms. The van der Waals surface area contributed by atoms with E-state index in [0.717, 1.165) is 40.8 Å². The van der Waals surface area contributed by atoms with Crippen molar-refractivity contribution in [2.45, 2.75) is 70.9 Å². The summed E-state index contributed by atoms with van der Waals surface area (Å²) < 4.78 is 0. The normalized spacial score (nSPS) is 16.8. The van der Waals surface area contributed by atoms with E-state index in [9.17, 15) is 5.11 Å². The van der Waals surface area contributed by atoms with E-state index in [-0.39, 0.29) is 12.1 Å². The van der Waals surface area contributed by atoms with E-state index >= 15 is 0 Å². The molecule has 7 nitrogen and oxygen atoms in total. The van der Waals surface area contributed by atoms with E-state index in [2.05, 4.69) is 64.5 Å². The lowest BCUT2D eigenvalue weighted by atomic mass is 9.87. The number of aliphatic hydroxyl groups excluding tert-OH is 1. The molecular formula is C24H34N6O. The number of rotatable bonds is 6. The van der Waals surface area contributed by atoms with E-state index in [4.69, 9.17) is 4.98 Å². The van der Waals surface area contributed by atoms with Crippen LogP contribution in [0.15, 0.2) is 24.7 Å². The Hall–Kier alpha value is -2.67. The van der Waals surface area contributed by atoms with Crippen LogP contribution in [0.2, 0.25) is 0 Å². The molecule has 3 N–H and O–H groups in total. The number of aliphatic hydroxyl groups is 1. The van der Waals surface area contributed by atoms with Crippen LogP contribution in [0.3, 0.4) is 0 Å². The van der Waals surface area contributed by atoms with Crippen LogP contribution in [0, 0.1) is 0 Å². The lowest BCUT2D eigenvalue weighted by molar-refractivity contribution is 0.232. The molecular weight excluding hydrogens is 388 g/mol. The molecule has 2 aromatic heterocycles. The van der Waals surface area contributed by atoms with Crippen LogP contribution < -0.4 is 10.6 Å². The first-order valence-corrected chi connectivity index (χ1v) is 11.4. The molecule has 2 aliphatic rings. The minimum absolute atomic E-state index is 0.120. The molecule has 0 radical (unpaired) electrons. The zero-order valence-electron chi connectivity index (χ0n) is 18.9. The minimum Gasteiger partial charge on any atom is -0.395 e. The number of hydrogen-bond donors (Lipinski definition) is 3. The van der Waals surface area contributed by atoms with E-state index < -0.39 is 0 Å². The van der Waals surface area contributed by atoms with Gasteiger partial charge in [0.2, 0.25) is 0 Å². The van der Waals surface area contributed by atoms with E-state index in [1.165, 1.54) is 32.1 Å².